The van der Waals surface area contributed by atoms with Crippen LogP contribution < -0.4 is 4.90 Å². The summed E-state index contributed by atoms with van der Waals surface area (Å²) in [5.41, 5.74) is 14.2. The number of hydrogen-bond acceptors (Lipinski definition) is 5. The number of furan rings is 1. The monoisotopic (exact) mass is 802 g/mol. The van der Waals surface area contributed by atoms with E-state index in [4.69, 9.17) is 9.40 Å². The fourth-order valence-corrected chi connectivity index (χ4v) is 10.8. The van der Waals surface area contributed by atoms with Crippen LogP contribution >= 0.6 is 22.7 Å². The van der Waals surface area contributed by atoms with Crippen molar-refractivity contribution in [3.63, 3.8) is 0 Å². The maximum atomic E-state index is 6.49. The Kier molecular flexibility index (Phi) is 8.22. The normalized spacial score (nSPS) is 11.7. The summed E-state index contributed by atoms with van der Waals surface area (Å²) < 4.78 is 10.3. The van der Waals surface area contributed by atoms with Crippen molar-refractivity contribution in [1.29, 1.82) is 0 Å². The van der Waals surface area contributed by atoms with Crippen LogP contribution in [0.3, 0.4) is 0 Å². The van der Waals surface area contributed by atoms with Crippen molar-refractivity contribution in [2.45, 2.75) is 0 Å². The van der Waals surface area contributed by atoms with E-state index in [0.29, 0.717) is 0 Å². The maximum Gasteiger partial charge on any atom is 0.137 e. The largest absolute Gasteiger partial charge is 0.456 e. The summed E-state index contributed by atoms with van der Waals surface area (Å²) in [5, 5.41) is 5.80. The zero-order valence-electron chi connectivity index (χ0n) is 32.2. The number of benzene rings is 9. The lowest BCUT2D eigenvalue weighted by Gasteiger charge is -2.26. The summed E-state index contributed by atoms with van der Waals surface area (Å²) in [6, 6.07) is 73.8. The third-order valence-corrected chi connectivity index (χ3v) is 13.8. The van der Waals surface area contributed by atoms with Crippen LogP contribution in [0.25, 0.3) is 96.3 Å². The Morgan fingerprint density at radius 2 is 0.967 bits per heavy atom. The molecular formula is C55H34N2OS2. The number of rotatable bonds is 7. The van der Waals surface area contributed by atoms with Gasteiger partial charge in [-0.15, -0.1) is 22.7 Å². The van der Waals surface area contributed by atoms with Gasteiger partial charge in [-0.25, -0.2) is 4.98 Å². The molecule has 0 saturated carbocycles. The lowest BCUT2D eigenvalue weighted by molar-refractivity contribution is 0.669. The molecule has 0 fully saturated rings. The van der Waals surface area contributed by atoms with E-state index in [1.807, 2.05) is 17.4 Å². The number of anilines is 3. The van der Waals surface area contributed by atoms with E-state index >= 15 is 0 Å². The van der Waals surface area contributed by atoms with Gasteiger partial charge in [0.15, 0.2) is 0 Å². The van der Waals surface area contributed by atoms with E-state index in [2.05, 4.69) is 205 Å². The molecule has 5 heteroatoms. The van der Waals surface area contributed by atoms with E-state index in [9.17, 15) is 0 Å². The van der Waals surface area contributed by atoms with Gasteiger partial charge in [0, 0.05) is 48.2 Å². The van der Waals surface area contributed by atoms with Crippen LogP contribution in [0.2, 0.25) is 0 Å². The Morgan fingerprint density at radius 1 is 0.383 bits per heavy atom. The van der Waals surface area contributed by atoms with E-state index in [-0.39, 0.29) is 0 Å². The zero-order chi connectivity index (χ0) is 39.6. The number of fused-ring (bicyclic) bond motifs is 8. The van der Waals surface area contributed by atoms with Gasteiger partial charge >= 0.3 is 0 Å². The average Bonchev–Trinajstić information content (AvgIpc) is 4.04. The average molecular weight is 803 g/mol. The van der Waals surface area contributed by atoms with Crippen LogP contribution in [0.15, 0.2) is 211 Å². The molecular weight excluding hydrogens is 769 g/mol. The summed E-state index contributed by atoms with van der Waals surface area (Å²) >= 11 is 3.59. The van der Waals surface area contributed by atoms with Gasteiger partial charge in [-0.2, -0.15) is 0 Å². The van der Waals surface area contributed by atoms with Gasteiger partial charge in [0.1, 0.15) is 16.2 Å². The third kappa shape index (κ3) is 5.90. The molecule has 3 aromatic heterocycles. The van der Waals surface area contributed by atoms with Gasteiger partial charge in [-0.1, -0.05) is 140 Å². The van der Waals surface area contributed by atoms with Crippen molar-refractivity contribution in [1.82, 2.24) is 4.98 Å². The summed E-state index contributed by atoms with van der Waals surface area (Å²) in [7, 11) is 0. The van der Waals surface area contributed by atoms with E-state index in [1.165, 1.54) is 42.4 Å². The molecule has 0 spiro atoms. The SMILES string of the molecule is c1ccc(-c2ccc(N(c3ccc(-c4ccc5c(c4)oc4ccc6sc(-c7ccccc7)nc6c45)cc3)c3ccc(-c4cccc5c4sc4ccccc45)cc3)cc2)cc1. The first-order valence-electron chi connectivity index (χ1n) is 20.1. The molecule has 60 heavy (non-hydrogen) atoms. The highest BCUT2D eigenvalue weighted by Crippen LogP contribution is 2.43. The summed E-state index contributed by atoms with van der Waals surface area (Å²) in [4.78, 5) is 7.45. The quantitative estimate of drug-likeness (QED) is 0.161. The first-order valence-corrected chi connectivity index (χ1v) is 21.7. The minimum Gasteiger partial charge on any atom is -0.456 e. The molecule has 0 saturated heterocycles. The van der Waals surface area contributed by atoms with E-state index in [1.54, 1.807) is 11.3 Å². The second-order valence-electron chi connectivity index (χ2n) is 15.1. The Labute approximate surface area is 354 Å². The second-order valence-corrected chi connectivity index (χ2v) is 17.2. The number of hydrogen-bond donors (Lipinski definition) is 0. The highest BCUT2D eigenvalue weighted by atomic mass is 32.1. The first kappa shape index (κ1) is 34.7. The smallest absolute Gasteiger partial charge is 0.137 e. The predicted molar refractivity (Wildman–Crippen MR) is 256 cm³/mol. The maximum absolute atomic E-state index is 6.49. The van der Waals surface area contributed by atoms with E-state index in [0.717, 1.165) is 70.9 Å². The molecule has 0 aliphatic carbocycles. The molecule has 0 amide bonds. The molecule has 0 aliphatic rings. The Hall–Kier alpha value is -7.31. The number of aromatic nitrogens is 1. The van der Waals surface area contributed by atoms with Crippen LogP contribution in [0.5, 0.6) is 0 Å². The van der Waals surface area contributed by atoms with Crippen molar-refractivity contribution in [2.75, 3.05) is 4.90 Å². The predicted octanol–water partition coefficient (Wildman–Crippen LogP) is 16.7. The molecule has 12 aromatic rings. The molecule has 0 radical (unpaired) electrons. The zero-order valence-corrected chi connectivity index (χ0v) is 33.9. The van der Waals surface area contributed by atoms with Crippen LogP contribution in [-0.2, 0) is 0 Å². The van der Waals surface area contributed by atoms with Crippen molar-refractivity contribution >= 4 is 92.1 Å². The highest BCUT2D eigenvalue weighted by Gasteiger charge is 2.18. The highest BCUT2D eigenvalue weighted by molar-refractivity contribution is 7.26. The molecule has 282 valence electrons. The summed E-state index contributed by atoms with van der Waals surface area (Å²) in [6.07, 6.45) is 0. The number of nitrogens with zero attached hydrogens (tertiary/aromatic N) is 2. The first-order chi connectivity index (χ1) is 29.7. The van der Waals surface area contributed by atoms with Crippen molar-refractivity contribution in [2.24, 2.45) is 0 Å². The lowest BCUT2D eigenvalue weighted by atomic mass is 10.0. The number of thiazole rings is 1. The molecule has 0 unspecified atom stereocenters. The second kappa shape index (κ2) is 14.2. The molecule has 3 nitrogen and oxygen atoms in total. The van der Waals surface area contributed by atoms with Gasteiger partial charge < -0.3 is 9.32 Å². The fraction of sp³-hybridized carbons (Fsp3) is 0. The van der Waals surface area contributed by atoms with Gasteiger partial charge in [-0.05, 0) is 100 Å². The van der Waals surface area contributed by atoms with Crippen molar-refractivity contribution in [3.8, 4) is 44.0 Å². The van der Waals surface area contributed by atoms with Crippen molar-refractivity contribution < 1.29 is 4.42 Å². The van der Waals surface area contributed by atoms with Gasteiger partial charge in [-0.3, -0.25) is 0 Å². The standard InChI is InChI=1S/C55H34N2OS2/c1-3-10-35(11-4-1)36-18-25-41(26-19-36)57(43-29-22-38(23-30-43)44-15-9-16-46-45-14-7-8-17-50(45)59-54(44)46)42-27-20-37(21-28-42)40-24-31-47-49(34-40)58-48-32-33-51-53(52(47)48)56-55(60-51)39-12-5-2-6-13-39/h1-34H. The molecule has 0 aliphatic heterocycles. The van der Waals surface area contributed by atoms with Crippen LogP contribution in [0.1, 0.15) is 0 Å². The van der Waals surface area contributed by atoms with Gasteiger partial charge in [0.2, 0.25) is 0 Å². The summed E-state index contributed by atoms with van der Waals surface area (Å²) in [5.74, 6) is 0. The topological polar surface area (TPSA) is 29.3 Å². The Bertz CT molecular complexity index is 3510. The molecule has 0 bridgehead atoms. The fourth-order valence-electron chi connectivity index (χ4n) is 8.58. The Morgan fingerprint density at radius 3 is 1.68 bits per heavy atom. The summed E-state index contributed by atoms with van der Waals surface area (Å²) in [6.45, 7) is 0. The molecule has 0 atom stereocenters. The minimum atomic E-state index is 0.857. The Balaban J connectivity index is 0.907. The molecule has 0 N–H and O–H groups in total. The van der Waals surface area contributed by atoms with E-state index < -0.39 is 0 Å². The molecule has 3 heterocycles. The van der Waals surface area contributed by atoms with Crippen LogP contribution in [0.4, 0.5) is 17.1 Å². The molecule has 9 aromatic carbocycles. The number of thiophene rings is 1. The van der Waals surface area contributed by atoms with Crippen LogP contribution in [-0.4, -0.2) is 4.98 Å². The van der Waals surface area contributed by atoms with Crippen LogP contribution in [0, 0.1) is 0 Å². The lowest BCUT2D eigenvalue weighted by Crippen LogP contribution is -2.09. The van der Waals surface area contributed by atoms with Crippen molar-refractivity contribution in [3.05, 3.63) is 206 Å². The third-order valence-electron chi connectivity index (χ3n) is 11.5. The minimum absolute atomic E-state index is 0.857. The van der Waals surface area contributed by atoms with Gasteiger partial charge in [0.05, 0.1) is 15.6 Å². The van der Waals surface area contributed by atoms with Gasteiger partial charge in [0.25, 0.3) is 0 Å². The molecule has 12 rings (SSSR count).